The third-order valence-corrected chi connectivity index (χ3v) is 3.46. The van der Waals surface area contributed by atoms with Gasteiger partial charge in [0.1, 0.15) is 0 Å². The summed E-state index contributed by atoms with van der Waals surface area (Å²) in [6, 6.07) is 0.137. The molecule has 1 amide bonds. The molecule has 1 aliphatic rings. The zero-order valence-corrected chi connectivity index (χ0v) is 9.33. The van der Waals surface area contributed by atoms with Crippen molar-refractivity contribution < 1.29 is 9.90 Å². The predicted octanol–water partition coefficient (Wildman–Crippen LogP) is 3.13. The maximum atomic E-state index is 10.9. The number of carboxylic acid groups (broad SMARTS) is 1. The number of rotatable bonds is 3. The third kappa shape index (κ3) is 2.77. The molecule has 3 nitrogen and oxygen atoms in total. The largest absolute Gasteiger partial charge is 0.465 e. The summed E-state index contributed by atoms with van der Waals surface area (Å²) in [5.74, 6) is 0.499. The summed E-state index contributed by atoms with van der Waals surface area (Å²) in [4.78, 5) is 12.2. The van der Waals surface area contributed by atoms with E-state index in [1.54, 1.807) is 0 Å². The molecule has 1 atom stereocenters. The molecule has 0 radical (unpaired) electrons. The number of halogens is 1. The van der Waals surface area contributed by atoms with Gasteiger partial charge in [0.2, 0.25) is 0 Å². The van der Waals surface area contributed by atoms with Gasteiger partial charge in [-0.05, 0) is 25.7 Å². The van der Waals surface area contributed by atoms with Crippen molar-refractivity contribution in [1.29, 1.82) is 0 Å². The maximum Gasteiger partial charge on any atom is 0.408 e. The van der Waals surface area contributed by atoms with Gasteiger partial charge in [-0.1, -0.05) is 19.3 Å². The smallest absolute Gasteiger partial charge is 0.408 e. The Bertz CT molecular complexity index is 193. The summed E-state index contributed by atoms with van der Waals surface area (Å²) in [6.07, 6.45) is 5.12. The second kappa shape index (κ2) is 5.44. The molecule has 0 aromatic rings. The highest BCUT2D eigenvalue weighted by molar-refractivity contribution is 6.18. The van der Waals surface area contributed by atoms with Crippen molar-refractivity contribution in [2.45, 2.75) is 45.1 Å². The number of alkyl halides is 1. The lowest BCUT2D eigenvalue weighted by Crippen LogP contribution is -2.41. The molecule has 1 N–H and O–H groups in total. The second-order valence-corrected chi connectivity index (χ2v) is 4.25. The Balaban J connectivity index is 2.51. The highest BCUT2D eigenvalue weighted by Gasteiger charge is 2.27. The summed E-state index contributed by atoms with van der Waals surface area (Å²) in [7, 11) is 0. The van der Waals surface area contributed by atoms with Crippen LogP contribution in [0.25, 0.3) is 0 Å². The topological polar surface area (TPSA) is 40.5 Å². The van der Waals surface area contributed by atoms with E-state index in [2.05, 4.69) is 0 Å². The normalized spacial score (nSPS) is 20.4. The fourth-order valence-electron chi connectivity index (χ4n) is 2.21. The molecule has 1 fully saturated rings. The Morgan fingerprint density at radius 1 is 1.50 bits per heavy atom. The molecule has 1 rings (SSSR count). The van der Waals surface area contributed by atoms with Crippen LogP contribution in [0.1, 0.15) is 39.0 Å². The van der Waals surface area contributed by atoms with E-state index in [9.17, 15) is 4.79 Å². The lowest BCUT2D eigenvalue weighted by molar-refractivity contribution is 0.111. The standard InChI is InChI=1S/C10H18ClNO2/c1-8(12(7-11)10(13)14)9-5-3-2-4-6-9/h8-9H,2-7H2,1H3,(H,13,14)/t8-/m0/s1. The minimum atomic E-state index is -0.905. The Labute approximate surface area is 90.0 Å². The minimum absolute atomic E-state index is 0.0605. The van der Waals surface area contributed by atoms with E-state index < -0.39 is 6.09 Å². The van der Waals surface area contributed by atoms with Crippen LogP contribution in [0.15, 0.2) is 0 Å². The van der Waals surface area contributed by atoms with Gasteiger partial charge in [-0.3, -0.25) is 4.90 Å². The first-order chi connectivity index (χ1) is 6.66. The first-order valence-corrected chi connectivity index (χ1v) is 5.75. The number of amides is 1. The van der Waals surface area contributed by atoms with E-state index in [0.717, 1.165) is 12.8 Å². The van der Waals surface area contributed by atoms with Gasteiger partial charge < -0.3 is 5.11 Å². The summed E-state index contributed by atoms with van der Waals surface area (Å²) in [5.41, 5.74) is 0. The summed E-state index contributed by atoms with van der Waals surface area (Å²) in [6.45, 7) is 1.96. The molecule has 0 heterocycles. The van der Waals surface area contributed by atoms with Crippen molar-refractivity contribution in [2.75, 3.05) is 6.00 Å². The highest BCUT2D eigenvalue weighted by Crippen LogP contribution is 2.28. The van der Waals surface area contributed by atoms with Crippen molar-refractivity contribution >= 4 is 17.7 Å². The monoisotopic (exact) mass is 219 g/mol. The van der Waals surface area contributed by atoms with Crippen LogP contribution in [-0.2, 0) is 0 Å². The van der Waals surface area contributed by atoms with Crippen LogP contribution in [0.5, 0.6) is 0 Å². The zero-order chi connectivity index (χ0) is 10.6. The average Bonchev–Trinajstić information content (AvgIpc) is 2.19. The van der Waals surface area contributed by atoms with Crippen molar-refractivity contribution in [3.05, 3.63) is 0 Å². The maximum absolute atomic E-state index is 10.9. The molecular weight excluding hydrogens is 202 g/mol. The van der Waals surface area contributed by atoms with Gasteiger partial charge >= 0.3 is 6.09 Å². The first-order valence-electron chi connectivity index (χ1n) is 5.22. The van der Waals surface area contributed by atoms with Gasteiger partial charge in [-0.2, -0.15) is 0 Å². The van der Waals surface area contributed by atoms with Gasteiger partial charge in [0.15, 0.2) is 0 Å². The molecule has 0 spiro atoms. The molecule has 4 heteroatoms. The fraction of sp³-hybridized carbons (Fsp3) is 0.900. The van der Waals surface area contributed by atoms with Crippen LogP contribution in [0.3, 0.4) is 0 Å². The van der Waals surface area contributed by atoms with E-state index >= 15 is 0 Å². The van der Waals surface area contributed by atoms with Gasteiger partial charge in [0.05, 0.1) is 6.00 Å². The molecule has 0 bridgehead atoms. The zero-order valence-electron chi connectivity index (χ0n) is 8.58. The average molecular weight is 220 g/mol. The summed E-state index contributed by atoms with van der Waals surface area (Å²) >= 11 is 5.62. The summed E-state index contributed by atoms with van der Waals surface area (Å²) in [5, 5.41) is 8.92. The van der Waals surface area contributed by atoms with E-state index in [-0.39, 0.29) is 12.0 Å². The quantitative estimate of drug-likeness (QED) is 0.585. The van der Waals surface area contributed by atoms with E-state index in [0.29, 0.717) is 5.92 Å². The lowest BCUT2D eigenvalue weighted by atomic mass is 9.84. The van der Waals surface area contributed by atoms with Crippen LogP contribution in [0.4, 0.5) is 4.79 Å². The Kier molecular flexibility index (Phi) is 4.52. The molecule has 0 aromatic heterocycles. The van der Waals surface area contributed by atoms with E-state index in [1.807, 2.05) is 6.92 Å². The number of nitrogens with zero attached hydrogens (tertiary/aromatic N) is 1. The molecule has 0 aliphatic heterocycles. The minimum Gasteiger partial charge on any atom is -0.465 e. The molecular formula is C10H18ClNO2. The first kappa shape index (κ1) is 11.6. The summed E-state index contributed by atoms with van der Waals surface area (Å²) < 4.78 is 0. The third-order valence-electron chi connectivity index (χ3n) is 3.20. The van der Waals surface area contributed by atoms with Gasteiger partial charge in [-0.15, -0.1) is 11.6 Å². The van der Waals surface area contributed by atoms with Crippen molar-refractivity contribution in [1.82, 2.24) is 4.90 Å². The Hall–Kier alpha value is -0.440. The van der Waals surface area contributed by atoms with Crippen LogP contribution in [0.2, 0.25) is 0 Å². The molecule has 82 valence electrons. The molecule has 1 aliphatic carbocycles. The lowest BCUT2D eigenvalue weighted by Gasteiger charge is -2.33. The highest BCUT2D eigenvalue weighted by atomic mass is 35.5. The number of carbonyl (C=O) groups is 1. The van der Waals surface area contributed by atoms with Crippen molar-refractivity contribution in [2.24, 2.45) is 5.92 Å². The van der Waals surface area contributed by atoms with Crippen LogP contribution < -0.4 is 0 Å². The van der Waals surface area contributed by atoms with Crippen LogP contribution in [-0.4, -0.2) is 28.1 Å². The van der Waals surface area contributed by atoms with Crippen molar-refractivity contribution in [3.63, 3.8) is 0 Å². The molecule has 0 saturated heterocycles. The van der Waals surface area contributed by atoms with Gasteiger partial charge in [-0.25, -0.2) is 4.79 Å². The van der Waals surface area contributed by atoms with Crippen LogP contribution >= 0.6 is 11.6 Å². The fourth-order valence-corrected chi connectivity index (χ4v) is 2.53. The van der Waals surface area contributed by atoms with E-state index in [4.69, 9.17) is 16.7 Å². The molecule has 0 unspecified atom stereocenters. The number of hydrogen-bond acceptors (Lipinski definition) is 1. The molecule has 1 saturated carbocycles. The van der Waals surface area contributed by atoms with Crippen molar-refractivity contribution in [3.8, 4) is 0 Å². The Morgan fingerprint density at radius 3 is 2.50 bits per heavy atom. The number of hydrogen-bond donors (Lipinski definition) is 1. The van der Waals surface area contributed by atoms with Gasteiger partial charge in [0, 0.05) is 6.04 Å². The Morgan fingerprint density at radius 2 is 2.07 bits per heavy atom. The second-order valence-electron chi connectivity index (χ2n) is 4.01. The SMILES string of the molecule is C[C@@H](C1CCCCC1)N(CCl)C(=O)O. The van der Waals surface area contributed by atoms with Crippen LogP contribution in [0, 0.1) is 5.92 Å². The molecule has 0 aromatic carbocycles. The molecule has 14 heavy (non-hydrogen) atoms. The van der Waals surface area contributed by atoms with Gasteiger partial charge in [0.25, 0.3) is 0 Å². The van der Waals surface area contributed by atoms with E-state index in [1.165, 1.54) is 24.2 Å². The predicted molar refractivity (Wildman–Crippen MR) is 56.6 cm³/mol.